The van der Waals surface area contributed by atoms with E-state index in [9.17, 15) is 0 Å². The quantitative estimate of drug-likeness (QED) is 0.698. The van der Waals surface area contributed by atoms with E-state index in [-0.39, 0.29) is 5.54 Å². The highest BCUT2D eigenvalue weighted by atomic mass is 15.3. The molecule has 1 atom stereocenters. The first-order chi connectivity index (χ1) is 9.13. The molecule has 19 heavy (non-hydrogen) atoms. The third kappa shape index (κ3) is 4.17. The number of likely N-dealkylation sites (N-methyl/N-ethyl adjacent to an activating group) is 2. The van der Waals surface area contributed by atoms with Crippen LogP contribution in [0.5, 0.6) is 0 Å². The van der Waals surface area contributed by atoms with Crippen LogP contribution in [-0.4, -0.2) is 54.6 Å². The third-order valence-electron chi connectivity index (χ3n) is 5.01. The Hall–Kier alpha value is -0.120. The zero-order valence-electron chi connectivity index (χ0n) is 13.6. The molecule has 1 aliphatic heterocycles. The van der Waals surface area contributed by atoms with Gasteiger partial charge in [0.1, 0.15) is 0 Å². The molecule has 0 amide bonds. The Morgan fingerprint density at radius 3 is 2.32 bits per heavy atom. The fourth-order valence-corrected chi connectivity index (χ4v) is 3.83. The molecule has 3 nitrogen and oxygen atoms in total. The molecule has 1 heterocycles. The van der Waals surface area contributed by atoms with E-state index in [2.05, 4.69) is 37.6 Å². The average molecular weight is 269 g/mol. The van der Waals surface area contributed by atoms with Gasteiger partial charge in [-0.05, 0) is 45.8 Å². The first-order valence-corrected chi connectivity index (χ1v) is 8.28. The predicted molar refractivity (Wildman–Crippen MR) is 84.5 cm³/mol. The molecular weight excluding hydrogens is 234 g/mol. The third-order valence-corrected chi connectivity index (χ3v) is 5.01. The predicted octanol–water partition coefficient (Wildman–Crippen LogP) is 2.70. The summed E-state index contributed by atoms with van der Waals surface area (Å²) in [5, 5.41) is 0. The van der Waals surface area contributed by atoms with Crippen molar-refractivity contribution in [2.45, 2.75) is 70.9 Å². The summed E-state index contributed by atoms with van der Waals surface area (Å²) in [6.07, 6.45) is 7.63. The van der Waals surface area contributed by atoms with Crippen molar-refractivity contribution in [3.8, 4) is 0 Å². The second-order valence-electron chi connectivity index (χ2n) is 6.23. The van der Waals surface area contributed by atoms with Crippen LogP contribution >= 0.6 is 0 Å². The highest BCUT2D eigenvalue weighted by Crippen LogP contribution is 2.27. The van der Waals surface area contributed by atoms with Gasteiger partial charge in [0.15, 0.2) is 0 Å². The summed E-state index contributed by atoms with van der Waals surface area (Å²) in [6, 6.07) is 0.745. The summed E-state index contributed by atoms with van der Waals surface area (Å²) in [4.78, 5) is 5.22. The minimum Gasteiger partial charge on any atom is -0.329 e. The Bertz CT molecular complexity index is 236. The van der Waals surface area contributed by atoms with Crippen molar-refractivity contribution in [3.05, 3.63) is 0 Å². The molecule has 2 N–H and O–H groups in total. The maximum Gasteiger partial charge on any atom is 0.0329 e. The maximum absolute atomic E-state index is 6.17. The minimum absolute atomic E-state index is 0.228. The summed E-state index contributed by atoms with van der Waals surface area (Å²) < 4.78 is 0. The van der Waals surface area contributed by atoms with Gasteiger partial charge in [-0.2, -0.15) is 0 Å². The molecule has 1 fully saturated rings. The summed E-state index contributed by atoms with van der Waals surface area (Å²) in [5.41, 5.74) is 6.39. The van der Waals surface area contributed by atoms with Crippen LogP contribution in [0.2, 0.25) is 0 Å². The molecule has 1 unspecified atom stereocenters. The minimum atomic E-state index is 0.228. The van der Waals surface area contributed by atoms with Crippen molar-refractivity contribution >= 4 is 0 Å². The van der Waals surface area contributed by atoms with Crippen LogP contribution in [-0.2, 0) is 0 Å². The molecule has 1 aliphatic rings. The molecule has 0 spiro atoms. The van der Waals surface area contributed by atoms with Gasteiger partial charge in [-0.15, -0.1) is 0 Å². The molecule has 0 aliphatic carbocycles. The van der Waals surface area contributed by atoms with Crippen molar-refractivity contribution < 1.29 is 0 Å². The van der Waals surface area contributed by atoms with E-state index in [1.807, 2.05) is 0 Å². The lowest BCUT2D eigenvalue weighted by Gasteiger charge is -2.43. The van der Waals surface area contributed by atoms with Crippen LogP contribution in [0.15, 0.2) is 0 Å². The molecule has 0 aromatic rings. The zero-order chi connectivity index (χ0) is 14.3. The fraction of sp³-hybridized carbons (Fsp3) is 1.00. The number of hydrogen-bond donors (Lipinski definition) is 1. The van der Waals surface area contributed by atoms with E-state index in [1.54, 1.807) is 0 Å². The van der Waals surface area contributed by atoms with Gasteiger partial charge in [0.25, 0.3) is 0 Å². The Morgan fingerprint density at radius 2 is 1.84 bits per heavy atom. The maximum atomic E-state index is 6.17. The van der Waals surface area contributed by atoms with E-state index in [0.717, 1.165) is 12.6 Å². The number of nitrogens with zero attached hydrogens (tertiary/aromatic N) is 2. The normalized spacial score (nSPS) is 21.5. The molecular formula is C16H35N3. The first kappa shape index (κ1) is 16.9. The van der Waals surface area contributed by atoms with E-state index >= 15 is 0 Å². The number of rotatable bonds is 9. The van der Waals surface area contributed by atoms with Crippen LogP contribution in [0.3, 0.4) is 0 Å². The molecule has 1 rings (SSSR count). The molecule has 0 aromatic heterocycles. The fourth-order valence-electron chi connectivity index (χ4n) is 3.83. The average Bonchev–Trinajstić information content (AvgIpc) is 2.85. The molecule has 1 saturated heterocycles. The lowest BCUT2D eigenvalue weighted by Crippen LogP contribution is -2.55. The topological polar surface area (TPSA) is 32.5 Å². The van der Waals surface area contributed by atoms with Gasteiger partial charge in [0, 0.05) is 24.7 Å². The molecule has 0 bridgehead atoms. The Kier molecular flexibility index (Phi) is 7.33. The van der Waals surface area contributed by atoms with Crippen molar-refractivity contribution in [1.29, 1.82) is 0 Å². The van der Waals surface area contributed by atoms with Crippen LogP contribution < -0.4 is 5.73 Å². The Labute approximate surface area is 120 Å². The zero-order valence-corrected chi connectivity index (χ0v) is 13.6. The van der Waals surface area contributed by atoms with Crippen molar-refractivity contribution in [2.24, 2.45) is 5.73 Å². The molecule has 0 saturated carbocycles. The standard InChI is InChI=1S/C16H35N3/c1-5-10-16(14-17,11-6-2)18(4)13-15-9-8-12-19(15)7-3/h15H,5-14,17H2,1-4H3. The summed E-state index contributed by atoms with van der Waals surface area (Å²) in [6.45, 7) is 11.3. The summed E-state index contributed by atoms with van der Waals surface area (Å²) >= 11 is 0. The molecule has 3 heteroatoms. The first-order valence-electron chi connectivity index (χ1n) is 8.28. The van der Waals surface area contributed by atoms with E-state index in [0.29, 0.717) is 0 Å². The number of hydrogen-bond acceptors (Lipinski definition) is 3. The molecule has 114 valence electrons. The number of nitrogens with two attached hydrogens (primary N) is 1. The summed E-state index contributed by atoms with van der Waals surface area (Å²) in [5.74, 6) is 0. The van der Waals surface area contributed by atoms with E-state index in [4.69, 9.17) is 5.73 Å². The van der Waals surface area contributed by atoms with Crippen molar-refractivity contribution in [2.75, 3.05) is 33.2 Å². The Balaban J connectivity index is 2.67. The lowest BCUT2D eigenvalue weighted by atomic mass is 9.86. The van der Waals surface area contributed by atoms with Crippen LogP contribution in [0.1, 0.15) is 59.3 Å². The smallest absolute Gasteiger partial charge is 0.0329 e. The van der Waals surface area contributed by atoms with Crippen molar-refractivity contribution in [3.63, 3.8) is 0 Å². The van der Waals surface area contributed by atoms with Gasteiger partial charge < -0.3 is 5.73 Å². The SMILES string of the molecule is CCCC(CN)(CCC)N(C)CC1CCCN1CC. The molecule has 0 radical (unpaired) electrons. The largest absolute Gasteiger partial charge is 0.329 e. The van der Waals surface area contributed by atoms with Gasteiger partial charge in [0.2, 0.25) is 0 Å². The highest BCUT2D eigenvalue weighted by Gasteiger charge is 2.34. The monoisotopic (exact) mass is 269 g/mol. The summed E-state index contributed by atoms with van der Waals surface area (Å²) in [7, 11) is 2.30. The van der Waals surface area contributed by atoms with Gasteiger partial charge in [0.05, 0.1) is 0 Å². The van der Waals surface area contributed by atoms with Gasteiger partial charge >= 0.3 is 0 Å². The van der Waals surface area contributed by atoms with E-state index < -0.39 is 0 Å². The van der Waals surface area contributed by atoms with Gasteiger partial charge in [-0.1, -0.05) is 33.6 Å². The van der Waals surface area contributed by atoms with Gasteiger partial charge in [-0.3, -0.25) is 9.80 Å². The second-order valence-corrected chi connectivity index (χ2v) is 6.23. The Morgan fingerprint density at radius 1 is 1.21 bits per heavy atom. The highest BCUT2D eigenvalue weighted by molar-refractivity contribution is 4.92. The van der Waals surface area contributed by atoms with Crippen LogP contribution in [0.25, 0.3) is 0 Å². The van der Waals surface area contributed by atoms with Crippen LogP contribution in [0.4, 0.5) is 0 Å². The van der Waals surface area contributed by atoms with Crippen molar-refractivity contribution in [1.82, 2.24) is 9.80 Å². The molecule has 0 aromatic carbocycles. The second kappa shape index (κ2) is 8.23. The lowest BCUT2D eigenvalue weighted by molar-refractivity contribution is 0.0740. The van der Waals surface area contributed by atoms with Crippen LogP contribution in [0, 0.1) is 0 Å². The van der Waals surface area contributed by atoms with E-state index in [1.165, 1.54) is 58.2 Å². The number of likely N-dealkylation sites (tertiary alicyclic amines) is 1. The van der Waals surface area contributed by atoms with Gasteiger partial charge in [-0.25, -0.2) is 0 Å².